The summed E-state index contributed by atoms with van der Waals surface area (Å²) >= 11 is 0. The molecule has 0 aromatic heterocycles. The zero-order valence-corrected chi connectivity index (χ0v) is 47.6. The molecule has 0 fully saturated rings. The molecule has 0 radical (unpaired) electrons. The van der Waals surface area contributed by atoms with Gasteiger partial charge in [-0.3, -0.25) is 18.2 Å². The van der Waals surface area contributed by atoms with E-state index >= 15 is 0 Å². The zero-order valence-electron chi connectivity index (χ0n) is 44.4. The molecule has 0 atom stereocenters. The third kappa shape index (κ3) is 13.5. The number of carbonyl (C=O) groups excluding carboxylic acids is 1. The molecule has 0 saturated carbocycles. The average Bonchev–Trinajstić information content (AvgIpc) is 3.59. The van der Waals surface area contributed by atoms with Gasteiger partial charge < -0.3 is 20.1 Å². The van der Waals surface area contributed by atoms with Crippen molar-refractivity contribution < 1.29 is 66.2 Å². The first kappa shape index (κ1) is 59.3. The Balaban J connectivity index is 0.926. The smallest absolute Gasteiger partial charge is 0.323 e. The van der Waals surface area contributed by atoms with E-state index in [2.05, 4.69) is 51.5 Å². The largest absolute Gasteiger partial charge is 0.494 e. The maximum Gasteiger partial charge on any atom is 0.323 e. The molecule has 424 valence electrons. The fourth-order valence-corrected chi connectivity index (χ4v) is 10.9. The van der Waals surface area contributed by atoms with Gasteiger partial charge in [-0.05, 0) is 171 Å². The number of benzene rings is 8. The number of carbonyl (C=O) groups is 1. The average molecular weight is 1190 g/mol. The van der Waals surface area contributed by atoms with Crippen molar-refractivity contribution in [3.8, 4) is 11.5 Å². The lowest BCUT2D eigenvalue weighted by atomic mass is 10.1. The molecule has 0 heterocycles. The number of hydrogen-bond donors (Lipinski definition) is 6. The van der Waals surface area contributed by atoms with Crippen molar-refractivity contribution >= 4 is 125 Å². The van der Waals surface area contributed by atoms with E-state index in [1.54, 1.807) is 90.1 Å². The molecule has 0 saturated heterocycles. The summed E-state index contributed by atoms with van der Waals surface area (Å²) in [6.07, 6.45) is 0. The molecular weight excluding hydrogens is 1140 g/mol. The number of rotatable bonds is 16. The molecule has 6 N–H and O–H groups in total. The third-order valence-electron chi connectivity index (χ3n) is 12.6. The minimum atomic E-state index is -4.92. The highest BCUT2D eigenvalue weighted by Gasteiger charge is 2.23. The summed E-state index contributed by atoms with van der Waals surface area (Å²) < 4.78 is 145. The Labute approximate surface area is 469 Å². The number of nitrogens with one attached hydrogen (secondary N) is 2. The highest BCUT2D eigenvalue weighted by Crippen LogP contribution is 2.41. The van der Waals surface area contributed by atoms with Gasteiger partial charge in [0.1, 0.15) is 32.7 Å². The fourth-order valence-electron chi connectivity index (χ4n) is 8.24. The van der Waals surface area contributed by atoms with Gasteiger partial charge in [0, 0.05) is 34.3 Å². The second-order valence-corrected chi connectivity index (χ2v) is 24.1. The van der Waals surface area contributed by atoms with Crippen LogP contribution in [0.15, 0.2) is 170 Å². The molecule has 0 spiro atoms. The van der Waals surface area contributed by atoms with Crippen molar-refractivity contribution in [2.24, 2.45) is 40.9 Å². The van der Waals surface area contributed by atoms with Crippen LogP contribution in [0.5, 0.6) is 11.5 Å². The number of urea groups is 1. The SMILES string of the molecule is COc1cc(N=Nc2ccc3cc(S(=O)(=O)O)cc(S(=O)(=O)O)c3c2)c(C)cc1N=Nc1cc(C)c(NC(=O)Nc2cc(C)c(N=Nc3cc(C)c(N=Nc4ccc5cc(S(=O)(=O)O)cc(S(=O)(=O)O)c5c4)cc3OC)cc2C)cc1C. The van der Waals surface area contributed by atoms with Gasteiger partial charge in [-0.15, -0.1) is 10.2 Å². The predicted octanol–water partition coefficient (Wildman–Crippen LogP) is 14.2. The number of amides is 2. The predicted molar refractivity (Wildman–Crippen MR) is 304 cm³/mol. The molecular formula is C53H48N10O15S4. The summed E-state index contributed by atoms with van der Waals surface area (Å²) in [5.41, 5.74) is 7.72. The number of anilines is 2. The molecule has 0 aliphatic heterocycles. The van der Waals surface area contributed by atoms with Gasteiger partial charge in [0.2, 0.25) is 0 Å². The summed E-state index contributed by atoms with van der Waals surface area (Å²) in [5.74, 6) is 0.582. The van der Waals surface area contributed by atoms with Crippen LogP contribution in [0.2, 0.25) is 0 Å². The van der Waals surface area contributed by atoms with Crippen LogP contribution in [0.4, 0.5) is 61.7 Å². The summed E-state index contributed by atoms with van der Waals surface area (Å²) in [7, 11) is -16.6. The third-order valence-corrected chi connectivity index (χ3v) is 16.0. The van der Waals surface area contributed by atoms with Gasteiger partial charge in [0.25, 0.3) is 40.5 Å². The summed E-state index contributed by atoms with van der Waals surface area (Å²) in [4.78, 5) is 10.5. The fraction of sp³-hybridized carbons (Fsp3) is 0.151. The minimum absolute atomic E-state index is 0.0603. The van der Waals surface area contributed by atoms with Gasteiger partial charge in [0.15, 0.2) is 0 Å². The van der Waals surface area contributed by atoms with Crippen LogP contribution in [-0.4, -0.2) is 72.1 Å². The maximum atomic E-state index is 13.4. The summed E-state index contributed by atoms with van der Waals surface area (Å²) in [6, 6.07) is 24.6. The lowest BCUT2D eigenvalue weighted by molar-refractivity contribution is 0.262. The zero-order chi connectivity index (χ0) is 59.8. The highest BCUT2D eigenvalue weighted by atomic mass is 32.2. The van der Waals surface area contributed by atoms with E-state index in [1.165, 1.54) is 50.6 Å². The van der Waals surface area contributed by atoms with E-state index < -0.39 is 66.1 Å². The number of aryl methyl sites for hydroxylation is 6. The molecule has 8 aromatic carbocycles. The standard InChI is InChI=1S/C53H48N10O15S4/c1-27-15-43(60-62-47-17-31(5)45(25-49(47)77-7)58-56-35-11-9-33-19-37(79(65,66)67)23-51(39(33)21-35)81(71,72)73)29(3)13-41(27)54-53(64)55-42-14-30(4)44(16-28(42)2)61-63-48-18-32(6)46(26-50(48)78-8)59-57-36-12-10-34-20-38(80(68,69)70)24-52(40(34)22-36)82(74,75)76/h9-26H,1-8H3,(H2,54,55,64)(H,65,66,67)(H,68,69,70)(H,71,72,73)(H,74,75,76). The van der Waals surface area contributed by atoms with E-state index in [9.17, 15) is 56.7 Å². The van der Waals surface area contributed by atoms with Gasteiger partial charge in [0.05, 0.1) is 58.1 Å². The van der Waals surface area contributed by atoms with Crippen molar-refractivity contribution in [1.29, 1.82) is 0 Å². The Morgan fingerprint density at radius 3 is 1.04 bits per heavy atom. The van der Waals surface area contributed by atoms with Crippen molar-refractivity contribution in [3.05, 3.63) is 143 Å². The Bertz CT molecular complexity index is 4300. The molecule has 2 amide bonds. The second kappa shape index (κ2) is 23.0. The Morgan fingerprint density at radius 2 is 0.695 bits per heavy atom. The first-order valence-corrected chi connectivity index (χ1v) is 29.6. The van der Waals surface area contributed by atoms with Crippen molar-refractivity contribution in [2.75, 3.05) is 24.9 Å². The van der Waals surface area contributed by atoms with Crippen LogP contribution in [-0.2, 0) is 40.5 Å². The molecule has 8 aromatic rings. The number of nitrogens with zero attached hydrogens (tertiary/aromatic N) is 8. The van der Waals surface area contributed by atoms with E-state index in [0.29, 0.717) is 103 Å². The van der Waals surface area contributed by atoms with Crippen LogP contribution in [0.25, 0.3) is 21.5 Å². The lowest BCUT2D eigenvalue weighted by Gasteiger charge is -2.14. The van der Waals surface area contributed by atoms with Crippen LogP contribution in [0, 0.1) is 41.5 Å². The van der Waals surface area contributed by atoms with Gasteiger partial charge in [-0.2, -0.15) is 64.4 Å². The van der Waals surface area contributed by atoms with Gasteiger partial charge in [-0.25, -0.2) is 4.79 Å². The van der Waals surface area contributed by atoms with Crippen LogP contribution in [0.1, 0.15) is 33.4 Å². The summed E-state index contributed by atoms with van der Waals surface area (Å²) in [5, 5.41) is 40.7. The number of azo groups is 4. The van der Waals surface area contributed by atoms with E-state index in [4.69, 9.17) is 9.47 Å². The Kier molecular flexibility index (Phi) is 16.6. The number of hydrogen-bond acceptors (Lipinski definition) is 19. The highest BCUT2D eigenvalue weighted by molar-refractivity contribution is 7.87. The Hall–Kier alpha value is -8.81. The van der Waals surface area contributed by atoms with Gasteiger partial charge in [-0.1, -0.05) is 12.1 Å². The van der Waals surface area contributed by atoms with Crippen LogP contribution < -0.4 is 20.1 Å². The molecule has 25 nitrogen and oxygen atoms in total. The number of ether oxygens (including phenoxy) is 2. The summed E-state index contributed by atoms with van der Waals surface area (Å²) in [6.45, 7) is 10.7. The van der Waals surface area contributed by atoms with Crippen molar-refractivity contribution in [2.45, 2.75) is 61.1 Å². The molecule has 29 heteroatoms. The molecule has 0 aliphatic rings. The van der Waals surface area contributed by atoms with Gasteiger partial charge >= 0.3 is 6.03 Å². The first-order chi connectivity index (χ1) is 38.4. The van der Waals surface area contributed by atoms with E-state index in [-0.39, 0.29) is 32.9 Å². The minimum Gasteiger partial charge on any atom is -0.494 e. The molecule has 0 unspecified atom stereocenters. The lowest BCUT2D eigenvalue weighted by Crippen LogP contribution is -2.20. The topological polar surface area (TPSA) is 376 Å². The second-order valence-electron chi connectivity index (χ2n) is 18.5. The van der Waals surface area contributed by atoms with Crippen LogP contribution >= 0.6 is 0 Å². The van der Waals surface area contributed by atoms with Crippen molar-refractivity contribution in [3.63, 3.8) is 0 Å². The van der Waals surface area contributed by atoms with Crippen molar-refractivity contribution in [1.82, 2.24) is 0 Å². The Morgan fingerprint density at radius 1 is 0.378 bits per heavy atom. The van der Waals surface area contributed by atoms with E-state index in [0.717, 1.165) is 12.1 Å². The maximum absolute atomic E-state index is 13.4. The molecule has 8 rings (SSSR count). The normalized spacial score (nSPS) is 12.6. The first-order valence-electron chi connectivity index (χ1n) is 23.8. The molecule has 0 bridgehead atoms. The molecule has 0 aliphatic carbocycles. The quantitative estimate of drug-likeness (QED) is 0.0387. The van der Waals surface area contributed by atoms with E-state index in [1.807, 2.05) is 0 Å². The number of methoxy groups -OCH3 is 2. The number of fused-ring (bicyclic) bond motifs is 2. The van der Waals surface area contributed by atoms with Crippen LogP contribution in [0.3, 0.4) is 0 Å². The monoisotopic (exact) mass is 1190 g/mol. The molecule has 82 heavy (non-hydrogen) atoms.